The summed E-state index contributed by atoms with van der Waals surface area (Å²) in [5.74, 6) is -0.0900. The second-order valence-electron chi connectivity index (χ2n) is 4.86. The van der Waals surface area contributed by atoms with Crippen LogP contribution in [0.5, 0.6) is 0 Å². The van der Waals surface area contributed by atoms with Crippen molar-refractivity contribution >= 4 is 34.9 Å². The molecule has 0 aliphatic heterocycles. The second kappa shape index (κ2) is 7.55. The summed E-state index contributed by atoms with van der Waals surface area (Å²) in [6, 6.07) is 4.95. The highest BCUT2D eigenvalue weighted by Gasteiger charge is 2.21. The highest BCUT2D eigenvalue weighted by molar-refractivity contribution is 6.43. The monoisotopic (exact) mass is 347 g/mol. The van der Waals surface area contributed by atoms with Crippen molar-refractivity contribution in [2.45, 2.75) is 12.5 Å². The van der Waals surface area contributed by atoms with Crippen LogP contribution in [0.1, 0.15) is 12.5 Å². The first-order valence-electron chi connectivity index (χ1n) is 6.27. The van der Waals surface area contributed by atoms with Gasteiger partial charge in [-0.1, -0.05) is 35.3 Å². The molecule has 122 valence electrons. The van der Waals surface area contributed by atoms with Crippen molar-refractivity contribution in [2.24, 2.45) is 22.2 Å². The van der Waals surface area contributed by atoms with E-state index in [0.29, 0.717) is 10.6 Å². The first-order valence-corrected chi connectivity index (χ1v) is 7.03. The summed E-state index contributed by atoms with van der Waals surface area (Å²) in [4.78, 5) is 3.96. The predicted octanol–water partition coefficient (Wildman–Crippen LogP) is 0.185. The largest absolute Gasteiger partial charge is 0.395 e. The minimum atomic E-state index is -1.13. The highest BCUT2D eigenvalue weighted by Crippen LogP contribution is 2.28. The number of nitrogens with two attached hydrogens (primary N) is 3. The first-order chi connectivity index (χ1) is 10.2. The maximum atomic E-state index is 9.17. The summed E-state index contributed by atoms with van der Waals surface area (Å²) >= 11 is 12.0. The number of halogens is 2. The van der Waals surface area contributed by atoms with Crippen LogP contribution >= 0.6 is 23.2 Å². The minimum absolute atomic E-state index is 0.0173. The number of hydrogen-bond acceptors (Lipinski definition) is 5. The van der Waals surface area contributed by atoms with Crippen molar-refractivity contribution in [3.05, 3.63) is 39.6 Å². The van der Waals surface area contributed by atoms with Crippen LogP contribution in [0.25, 0.3) is 5.70 Å². The topological polar surface area (TPSA) is 143 Å². The molecule has 1 aromatic rings. The highest BCUT2D eigenvalue weighted by atomic mass is 35.5. The quantitative estimate of drug-likeness (QED) is 0.331. The predicted molar refractivity (Wildman–Crippen MR) is 89.1 cm³/mol. The Labute approximate surface area is 138 Å². The second-order valence-corrected chi connectivity index (χ2v) is 5.65. The Morgan fingerprint density at radius 1 is 1.23 bits per heavy atom. The van der Waals surface area contributed by atoms with Gasteiger partial charge in [-0.3, -0.25) is 0 Å². The molecular formula is C13H19Cl2N5O2. The molecule has 9 N–H and O–H groups in total. The van der Waals surface area contributed by atoms with E-state index in [2.05, 4.69) is 10.3 Å². The van der Waals surface area contributed by atoms with E-state index in [1.165, 1.54) is 6.92 Å². The number of nitrogens with one attached hydrogen (secondary N) is 1. The van der Waals surface area contributed by atoms with E-state index in [1.807, 2.05) is 0 Å². The van der Waals surface area contributed by atoms with Crippen molar-refractivity contribution in [3.8, 4) is 0 Å². The van der Waals surface area contributed by atoms with E-state index in [-0.39, 0.29) is 35.7 Å². The molecule has 9 heteroatoms. The van der Waals surface area contributed by atoms with Crippen molar-refractivity contribution in [3.63, 3.8) is 0 Å². The average Bonchev–Trinajstić information content (AvgIpc) is 2.49. The Bertz CT molecular complexity index is 600. The van der Waals surface area contributed by atoms with E-state index in [1.54, 1.807) is 18.2 Å². The number of aliphatic hydroxyl groups is 2. The lowest BCUT2D eigenvalue weighted by molar-refractivity contribution is 0.135. The molecule has 0 aromatic heterocycles. The zero-order valence-electron chi connectivity index (χ0n) is 12.0. The Morgan fingerprint density at radius 2 is 1.82 bits per heavy atom. The number of aliphatic imine (C=N–C) groups is 1. The summed E-state index contributed by atoms with van der Waals surface area (Å²) in [7, 11) is 0. The lowest BCUT2D eigenvalue weighted by Crippen LogP contribution is -2.41. The standard InChI is InChI=1S/C13H19Cl2N5O2/c1-13(5-21,6-22)20-12(18)19-11(17)10(16)7-3-2-4-8(14)9(7)15/h2-4,21-22H,5-6,16-17H2,1H3,(H3,18,19,20)/b11-10-. The molecule has 0 aliphatic rings. The molecule has 1 rings (SSSR count). The smallest absolute Gasteiger partial charge is 0.195 e. The maximum absolute atomic E-state index is 9.17. The van der Waals surface area contributed by atoms with Gasteiger partial charge in [0.1, 0.15) is 11.4 Å². The van der Waals surface area contributed by atoms with E-state index in [0.717, 1.165) is 0 Å². The Morgan fingerprint density at radius 3 is 2.36 bits per heavy atom. The fraction of sp³-hybridized carbons (Fsp3) is 0.308. The summed E-state index contributed by atoms with van der Waals surface area (Å²) < 4.78 is 0. The zero-order valence-corrected chi connectivity index (χ0v) is 13.5. The molecule has 1 aromatic carbocycles. The van der Waals surface area contributed by atoms with E-state index < -0.39 is 5.54 Å². The molecule has 0 aliphatic carbocycles. The van der Waals surface area contributed by atoms with Crippen molar-refractivity contribution in [2.75, 3.05) is 13.2 Å². The number of hydrogen-bond donors (Lipinski definition) is 6. The normalized spacial score (nSPS) is 13.8. The van der Waals surface area contributed by atoms with Crippen molar-refractivity contribution in [1.82, 2.24) is 5.32 Å². The first kappa shape index (κ1) is 18.4. The number of guanidine groups is 1. The molecule has 0 unspecified atom stereocenters. The molecule has 0 radical (unpaired) electrons. The fourth-order valence-electron chi connectivity index (χ4n) is 1.50. The van der Waals surface area contributed by atoms with Gasteiger partial charge in [0, 0.05) is 5.56 Å². The summed E-state index contributed by atoms with van der Waals surface area (Å²) in [6.07, 6.45) is 0. The Kier molecular flexibility index (Phi) is 6.31. The third kappa shape index (κ3) is 4.41. The molecular weight excluding hydrogens is 329 g/mol. The fourth-order valence-corrected chi connectivity index (χ4v) is 1.90. The van der Waals surface area contributed by atoms with Crippen LogP contribution in [-0.4, -0.2) is 34.9 Å². The molecule has 7 nitrogen and oxygen atoms in total. The number of aliphatic hydroxyl groups excluding tert-OH is 2. The van der Waals surface area contributed by atoms with Gasteiger partial charge < -0.3 is 32.7 Å². The SMILES string of the molecule is CC(CO)(CO)N=C(N)N/C(N)=C(\N)c1cccc(Cl)c1Cl. The molecule has 0 saturated carbocycles. The van der Waals surface area contributed by atoms with Crippen molar-refractivity contribution < 1.29 is 10.2 Å². The van der Waals surface area contributed by atoms with Gasteiger partial charge >= 0.3 is 0 Å². The van der Waals surface area contributed by atoms with Gasteiger partial charge in [-0.05, 0) is 13.0 Å². The lowest BCUT2D eigenvalue weighted by atomic mass is 10.1. The lowest BCUT2D eigenvalue weighted by Gasteiger charge is -2.20. The summed E-state index contributed by atoms with van der Waals surface area (Å²) in [5.41, 5.74) is 16.9. The van der Waals surface area contributed by atoms with Crippen LogP contribution in [0.15, 0.2) is 29.0 Å². The number of nitrogens with zero attached hydrogens (tertiary/aromatic N) is 1. The van der Waals surface area contributed by atoms with Crippen LogP contribution in [0.3, 0.4) is 0 Å². The number of benzene rings is 1. The summed E-state index contributed by atoms with van der Waals surface area (Å²) in [5, 5.41) is 21.5. The molecule has 0 saturated heterocycles. The Balaban J connectivity index is 3.06. The molecule has 0 spiro atoms. The van der Waals surface area contributed by atoms with Gasteiger partial charge in [0.2, 0.25) is 0 Å². The molecule has 22 heavy (non-hydrogen) atoms. The minimum Gasteiger partial charge on any atom is -0.395 e. The van der Waals surface area contributed by atoms with Gasteiger partial charge in [-0.2, -0.15) is 0 Å². The van der Waals surface area contributed by atoms with Crippen LogP contribution < -0.4 is 22.5 Å². The van der Waals surface area contributed by atoms with Gasteiger partial charge in [0.15, 0.2) is 5.96 Å². The van der Waals surface area contributed by atoms with E-state index in [4.69, 9.17) is 40.4 Å². The molecule has 0 bridgehead atoms. The van der Waals surface area contributed by atoms with Crippen LogP contribution in [0.2, 0.25) is 10.0 Å². The van der Waals surface area contributed by atoms with Crippen LogP contribution in [-0.2, 0) is 0 Å². The molecule has 0 heterocycles. The summed E-state index contributed by atoms with van der Waals surface area (Å²) in [6.45, 7) is 0.759. The number of rotatable bonds is 5. The maximum Gasteiger partial charge on any atom is 0.195 e. The third-order valence-corrected chi connectivity index (χ3v) is 3.69. The zero-order chi connectivity index (χ0) is 16.9. The molecule has 0 fully saturated rings. The third-order valence-electron chi connectivity index (χ3n) is 2.87. The van der Waals surface area contributed by atoms with Crippen LogP contribution in [0.4, 0.5) is 0 Å². The Hall–Kier alpha value is -1.67. The van der Waals surface area contributed by atoms with Crippen LogP contribution in [0, 0.1) is 0 Å². The van der Waals surface area contributed by atoms with Gasteiger partial charge in [0.25, 0.3) is 0 Å². The van der Waals surface area contributed by atoms with Crippen molar-refractivity contribution in [1.29, 1.82) is 0 Å². The van der Waals surface area contributed by atoms with Gasteiger partial charge in [-0.25, -0.2) is 4.99 Å². The molecule has 0 amide bonds. The van der Waals surface area contributed by atoms with Gasteiger partial charge in [-0.15, -0.1) is 0 Å². The van der Waals surface area contributed by atoms with E-state index in [9.17, 15) is 10.2 Å². The molecule has 0 atom stereocenters. The van der Waals surface area contributed by atoms with Gasteiger partial charge in [0.05, 0.1) is 29.0 Å². The van der Waals surface area contributed by atoms with E-state index >= 15 is 0 Å². The average molecular weight is 348 g/mol.